The van der Waals surface area contributed by atoms with Gasteiger partial charge in [-0.2, -0.15) is 0 Å². The van der Waals surface area contributed by atoms with E-state index < -0.39 is 0 Å². The molecule has 0 fully saturated rings. The van der Waals surface area contributed by atoms with E-state index >= 15 is 0 Å². The first kappa shape index (κ1) is 10.6. The molecule has 0 atom stereocenters. The molecule has 0 unspecified atom stereocenters. The fourth-order valence-electron chi connectivity index (χ4n) is 2.71. The second-order valence-corrected chi connectivity index (χ2v) is 5.02. The van der Waals surface area contributed by atoms with Crippen molar-refractivity contribution in [2.24, 2.45) is 0 Å². The van der Waals surface area contributed by atoms with E-state index in [9.17, 15) is 0 Å². The Kier molecular flexibility index (Phi) is 2.72. The van der Waals surface area contributed by atoms with E-state index in [1.54, 1.807) is 0 Å². The number of fused-ring (bicyclic) bond motifs is 4. The standard InChI is InChI=1S/C17H18/c1-13-16-3-2-4-17(13)12-10-15-7-5-14(6-8-15)9-11-16/h2-8H,9-12H2,1H3. The zero-order valence-corrected chi connectivity index (χ0v) is 10.4. The van der Waals surface area contributed by atoms with Gasteiger partial charge in [0.25, 0.3) is 0 Å². The smallest absolute Gasteiger partial charge is 0.0236 e. The van der Waals surface area contributed by atoms with Crippen LogP contribution in [0.15, 0.2) is 42.5 Å². The number of hydrogen-bond acceptors (Lipinski definition) is 0. The van der Waals surface area contributed by atoms with Gasteiger partial charge in [0.1, 0.15) is 0 Å². The molecular weight excluding hydrogens is 204 g/mol. The predicted octanol–water partition coefficient (Wildman–Crippen LogP) is 3.88. The van der Waals surface area contributed by atoms with Crippen LogP contribution in [0.4, 0.5) is 0 Å². The first-order valence-electron chi connectivity index (χ1n) is 6.48. The maximum Gasteiger partial charge on any atom is -0.0236 e. The monoisotopic (exact) mass is 222 g/mol. The summed E-state index contributed by atoms with van der Waals surface area (Å²) in [4.78, 5) is 0. The van der Waals surface area contributed by atoms with Crippen molar-refractivity contribution in [3.05, 3.63) is 70.3 Å². The molecule has 2 aliphatic rings. The normalized spacial score (nSPS) is 14.4. The maximum atomic E-state index is 2.29. The van der Waals surface area contributed by atoms with Gasteiger partial charge in [-0.15, -0.1) is 0 Å². The van der Waals surface area contributed by atoms with Gasteiger partial charge in [-0.3, -0.25) is 0 Å². The molecule has 0 saturated heterocycles. The highest BCUT2D eigenvalue weighted by molar-refractivity contribution is 5.36. The molecule has 17 heavy (non-hydrogen) atoms. The Morgan fingerprint density at radius 1 is 0.647 bits per heavy atom. The van der Waals surface area contributed by atoms with Crippen LogP contribution in [0, 0.1) is 6.92 Å². The number of rotatable bonds is 0. The summed E-state index contributed by atoms with van der Waals surface area (Å²) in [6, 6.07) is 15.9. The molecule has 0 aromatic heterocycles. The Balaban J connectivity index is 2.04. The maximum absolute atomic E-state index is 2.29. The van der Waals surface area contributed by atoms with Gasteiger partial charge < -0.3 is 0 Å². The van der Waals surface area contributed by atoms with Crippen LogP contribution >= 0.6 is 0 Å². The largest absolute Gasteiger partial charge is 0.0617 e. The third-order valence-corrected chi connectivity index (χ3v) is 3.95. The summed E-state index contributed by atoms with van der Waals surface area (Å²) in [5, 5.41) is 0. The molecule has 4 bridgehead atoms. The number of hydrogen-bond donors (Lipinski definition) is 0. The molecule has 2 aliphatic carbocycles. The average Bonchev–Trinajstić information content (AvgIpc) is 2.39. The molecule has 0 radical (unpaired) electrons. The summed E-state index contributed by atoms with van der Waals surface area (Å²) in [6.45, 7) is 2.28. The molecule has 2 aromatic carbocycles. The molecule has 86 valence electrons. The lowest BCUT2D eigenvalue weighted by molar-refractivity contribution is 0.928. The Hall–Kier alpha value is -1.56. The predicted molar refractivity (Wildman–Crippen MR) is 72.4 cm³/mol. The van der Waals surface area contributed by atoms with E-state index in [2.05, 4.69) is 49.4 Å². The van der Waals surface area contributed by atoms with Crippen LogP contribution in [0.3, 0.4) is 0 Å². The zero-order valence-electron chi connectivity index (χ0n) is 10.4. The first-order chi connectivity index (χ1) is 8.33. The molecule has 0 N–H and O–H groups in total. The van der Waals surface area contributed by atoms with Crippen LogP contribution in [0.5, 0.6) is 0 Å². The topological polar surface area (TPSA) is 0 Å². The van der Waals surface area contributed by atoms with Crippen molar-refractivity contribution in [3.8, 4) is 0 Å². The fourth-order valence-corrected chi connectivity index (χ4v) is 2.71. The Morgan fingerprint density at radius 2 is 1.12 bits per heavy atom. The highest BCUT2D eigenvalue weighted by Gasteiger charge is 2.07. The zero-order chi connectivity index (χ0) is 11.7. The van der Waals surface area contributed by atoms with Crippen molar-refractivity contribution in [1.82, 2.24) is 0 Å². The van der Waals surface area contributed by atoms with Crippen LogP contribution in [-0.4, -0.2) is 0 Å². The second kappa shape index (κ2) is 4.37. The minimum Gasteiger partial charge on any atom is -0.0617 e. The van der Waals surface area contributed by atoms with E-state index in [-0.39, 0.29) is 0 Å². The molecule has 0 spiro atoms. The molecule has 2 aromatic rings. The number of benzene rings is 2. The SMILES string of the molecule is Cc1c2cccc1CCc1ccc(cc1)CC2. The average molecular weight is 222 g/mol. The van der Waals surface area contributed by atoms with E-state index in [1.807, 2.05) is 0 Å². The molecule has 0 saturated carbocycles. The molecule has 0 aliphatic heterocycles. The van der Waals surface area contributed by atoms with Gasteiger partial charge in [-0.05, 0) is 60.4 Å². The molecule has 0 heterocycles. The van der Waals surface area contributed by atoms with Gasteiger partial charge in [0, 0.05) is 0 Å². The molecular formula is C17H18. The van der Waals surface area contributed by atoms with Gasteiger partial charge in [-0.25, -0.2) is 0 Å². The van der Waals surface area contributed by atoms with Crippen molar-refractivity contribution in [2.75, 3.05) is 0 Å². The van der Waals surface area contributed by atoms with Crippen LogP contribution in [0.2, 0.25) is 0 Å². The Labute approximate surface area is 103 Å². The number of aryl methyl sites for hydroxylation is 4. The van der Waals surface area contributed by atoms with Gasteiger partial charge in [0.2, 0.25) is 0 Å². The molecule has 0 amide bonds. The first-order valence-corrected chi connectivity index (χ1v) is 6.48. The van der Waals surface area contributed by atoms with Crippen LogP contribution < -0.4 is 0 Å². The summed E-state index contributed by atoms with van der Waals surface area (Å²) in [5.74, 6) is 0. The summed E-state index contributed by atoms with van der Waals surface area (Å²) in [5.41, 5.74) is 7.47. The molecule has 0 nitrogen and oxygen atoms in total. The molecule has 0 heteroatoms. The lowest BCUT2D eigenvalue weighted by Crippen LogP contribution is -1.98. The quantitative estimate of drug-likeness (QED) is 0.634. The van der Waals surface area contributed by atoms with Crippen LogP contribution in [-0.2, 0) is 25.7 Å². The van der Waals surface area contributed by atoms with Gasteiger partial charge >= 0.3 is 0 Å². The second-order valence-electron chi connectivity index (χ2n) is 5.02. The Bertz CT molecular complexity index is 475. The third kappa shape index (κ3) is 2.12. The highest BCUT2D eigenvalue weighted by Crippen LogP contribution is 2.20. The van der Waals surface area contributed by atoms with Crippen molar-refractivity contribution in [3.63, 3.8) is 0 Å². The van der Waals surface area contributed by atoms with Gasteiger partial charge in [-0.1, -0.05) is 42.5 Å². The summed E-state index contributed by atoms with van der Waals surface area (Å²) in [7, 11) is 0. The van der Waals surface area contributed by atoms with Gasteiger partial charge in [0.05, 0.1) is 0 Å². The van der Waals surface area contributed by atoms with Crippen LogP contribution in [0.25, 0.3) is 0 Å². The minimum atomic E-state index is 1.16. The van der Waals surface area contributed by atoms with E-state index in [1.165, 1.54) is 40.7 Å². The van der Waals surface area contributed by atoms with Crippen molar-refractivity contribution < 1.29 is 0 Å². The van der Waals surface area contributed by atoms with Crippen molar-refractivity contribution in [1.29, 1.82) is 0 Å². The van der Waals surface area contributed by atoms with E-state index in [4.69, 9.17) is 0 Å². The fraction of sp³-hybridized carbons (Fsp3) is 0.294. The van der Waals surface area contributed by atoms with Crippen molar-refractivity contribution in [2.45, 2.75) is 32.6 Å². The molecule has 4 rings (SSSR count). The summed E-state index contributed by atoms with van der Waals surface area (Å²) >= 11 is 0. The highest BCUT2D eigenvalue weighted by atomic mass is 14.1. The summed E-state index contributed by atoms with van der Waals surface area (Å²) < 4.78 is 0. The Morgan fingerprint density at radius 3 is 1.59 bits per heavy atom. The van der Waals surface area contributed by atoms with Crippen molar-refractivity contribution >= 4 is 0 Å². The van der Waals surface area contributed by atoms with Gasteiger partial charge in [0.15, 0.2) is 0 Å². The van der Waals surface area contributed by atoms with E-state index in [0.717, 1.165) is 12.8 Å². The van der Waals surface area contributed by atoms with E-state index in [0.29, 0.717) is 0 Å². The van der Waals surface area contributed by atoms with Crippen LogP contribution in [0.1, 0.15) is 27.8 Å². The lowest BCUT2D eigenvalue weighted by atomic mass is 9.95. The lowest BCUT2D eigenvalue weighted by Gasteiger charge is -2.10. The third-order valence-electron chi connectivity index (χ3n) is 3.95. The minimum absolute atomic E-state index is 1.16. The summed E-state index contributed by atoms with van der Waals surface area (Å²) in [6.07, 6.45) is 4.65.